The molecule has 1 aromatic heterocycles. The Hall–Kier alpha value is -3.39. The number of halogens is 6. The van der Waals surface area contributed by atoms with Gasteiger partial charge >= 0.3 is 24.3 Å². The second-order valence-electron chi connectivity index (χ2n) is 5.86. The second-order valence-corrected chi connectivity index (χ2v) is 5.86. The minimum atomic E-state index is -5.41. The van der Waals surface area contributed by atoms with Crippen LogP contribution >= 0.6 is 0 Å². The molecule has 0 saturated heterocycles. The summed E-state index contributed by atoms with van der Waals surface area (Å²) in [6.45, 7) is 1.76. The highest BCUT2D eigenvalue weighted by molar-refractivity contribution is 6.05. The molecule has 0 spiro atoms. The monoisotopic (exact) mass is 457 g/mol. The van der Waals surface area contributed by atoms with Crippen LogP contribution in [0.15, 0.2) is 6.07 Å². The van der Waals surface area contributed by atoms with Crippen molar-refractivity contribution in [1.29, 1.82) is 0 Å². The molecule has 0 saturated carbocycles. The predicted octanol–water partition coefficient (Wildman–Crippen LogP) is 3.72. The fraction of sp³-hybridized carbons (Fsp3) is 0.438. The van der Waals surface area contributed by atoms with E-state index in [0.717, 1.165) is 0 Å². The van der Waals surface area contributed by atoms with Crippen LogP contribution in [0.2, 0.25) is 0 Å². The van der Waals surface area contributed by atoms with Crippen molar-refractivity contribution in [3.8, 4) is 0 Å². The number of H-pyrrole nitrogens is 1. The Balaban J connectivity index is 3.05. The van der Waals surface area contributed by atoms with Gasteiger partial charge in [-0.25, -0.2) is 4.98 Å². The lowest BCUT2D eigenvalue weighted by Crippen LogP contribution is -2.29. The van der Waals surface area contributed by atoms with Crippen molar-refractivity contribution >= 4 is 28.7 Å². The third-order valence-corrected chi connectivity index (χ3v) is 3.89. The van der Waals surface area contributed by atoms with Crippen molar-refractivity contribution < 1.29 is 50.3 Å². The maximum absolute atomic E-state index is 13.7. The molecule has 170 valence electrons. The molecule has 0 bridgehead atoms. The SMILES string of the molecule is CCOC(=O)C(C(=O)OCC)c1c(C(F)(F)F)cc([N+](=O)[O-])c2[nH]c(C(F)(F)F)nc12. The number of non-ortho nitro benzene ring substituents is 1. The van der Waals surface area contributed by atoms with E-state index in [1.807, 2.05) is 0 Å². The number of rotatable bonds is 6. The standard InChI is InChI=1S/C16H13F6N3O6/c1-3-30-12(26)9(13(27)31-4-2)8-6(15(17,18)19)5-7(25(28)29)10-11(8)24-14(23-10)16(20,21)22/h5,9H,3-4H2,1-2H3,(H,23,24). The normalized spacial score (nSPS) is 12.3. The van der Waals surface area contributed by atoms with Crippen LogP contribution in [-0.4, -0.2) is 40.0 Å². The van der Waals surface area contributed by atoms with Gasteiger partial charge in [-0.05, 0) is 13.8 Å². The first-order valence-corrected chi connectivity index (χ1v) is 8.42. The largest absolute Gasteiger partial charge is 0.465 e. The summed E-state index contributed by atoms with van der Waals surface area (Å²) < 4.78 is 89.7. The van der Waals surface area contributed by atoms with Crippen LogP contribution in [0.3, 0.4) is 0 Å². The molecule has 2 aromatic rings. The Labute approximate surface area is 168 Å². The van der Waals surface area contributed by atoms with Crippen LogP contribution in [0, 0.1) is 10.1 Å². The Morgan fingerprint density at radius 3 is 2.00 bits per heavy atom. The number of nitro groups is 1. The summed E-state index contributed by atoms with van der Waals surface area (Å²) in [5, 5.41) is 11.2. The topological polar surface area (TPSA) is 124 Å². The van der Waals surface area contributed by atoms with E-state index in [1.165, 1.54) is 13.8 Å². The molecular weight excluding hydrogens is 444 g/mol. The fourth-order valence-electron chi connectivity index (χ4n) is 2.76. The Morgan fingerprint density at radius 1 is 1.10 bits per heavy atom. The van der Waals surface area contributed by atoms with E-state index in [2.05, 4.69) is 14.5 Å². The van der Waals surface area contributed by atoms with Crippen molar-refractivity contribution in [2.75, 3.05) is 13.2 Å². The average Bonchev–Trinajstić information content (AvgIpc) is 3.06. The molecule has 0 unspecified atom stereocenters. The smallest absolute Gasteiger partial charge is 0.449 e. The number of esters is 2. The lowest BCUT2D eigenvalue weighted by molar-refractivity contribution is -0.383. The summed E-state index contributed by atoms with van der Waals surface area (Å²) in [4.78, 5) is 39.1. The molecule has 15 heteroatoms. The van der Waals surface area contributed by atoms with Crippen LogP contribution in [0.5, 0.6) is 0 Å². The van der Waals surface area contributed by atoms with E-state index < -0.39 is 68.8 Å². The van der Waals surface area contributed by atoms with Crippen molar-refractivity contribution in [2.45, 2.75) is 32.1 Å². The number of hydrogen-bond donors (Lipinski definition) is 1. The number of ether oxygens (including phenoxy) is 2. The van der Waals surface area contributed by atoms with Gasteiger partial charge in [0.2, 0.25) is 5.82 Å². The van der Waals surface area contributed by atoms with Crippen molar-refractivity contribution in [1.82, 2.24) is 9.97 Å². The molecule has 9 nitrogen and oxygen atoms in total. The zero-order valence-corrected chi connectivity index (χ0v) is 15.7. The molecule has 1 heterocycles. The van der Waals surface area contributed by atoms with E-state index in [9.17, 15) is 46.0 Å². The Morgan fingerprint density at radius 2 is 1.61 bits per heavy atom. The van der Waals surface area contributed by atoms with Gasteiger partial charge in [0.1, 0.15) is 11.0 Å². The van der Waals surface area contributed by atoms with Crippen LogP contribution in [0.1, 0.15) is 36.7 Å². The van der Waals surface area contributed by atoms with Crippen LogP contribution in [0.4, 0.5) is 32.0 Å². The van der Waals surface area contributed by atoms with Gasteiger partial charge in [0.15, 0.2) is 5.92 Å². The van der Waals surface area contributed by atoms with Crippen molar-refractivity contribution in [2.24, 2.45) is 0 Å². The highest BCUT2D eigenvalue weighted by atomic mass is 19.4. The average molecular weight is 457 g/mol. The van der Waals surface area contributed by atoms with Gasteiger partial charge in [0.25, 0.3) is 5.69 Å². The molecule has 0 amide bonds. The zero-order chi connectivity index (χ0) is 23.7. The third kappa shape index (κ3) is 4.69. The summed E-state index contributed by atoms with van der Waals surface area (Å²) in [6, 6.07) is -0.0819. The number of benzene rings is 1. The molecule has 1 N–H and O–H groups in total. The number of hydrogen-bond acceptors (Lipinski definition) is 7. The van der Waals surface area contributed by atoms with Gasteiger partial charge in [-0.15, -0.1) is 0 Å². The second kappa shape index (κ2) is 8.39. The zero-order valence-electron chi connectivity index (χ0n) is 15.7. The molecule has 0 radical (unpaired) electrons. The van der Waals surface area contributed by atoms with Crippen LogP contribution < -0.4 is 0 Å². The lowest BCUT2D eigenvalue weighted by Gasteiger charge is -2.19. The number of alkyl halides is 6. The molecular formula is C16H13F6N3O6. The Bertz CT molecular complexity index is 1010. The number of aromatic amines is 1. The van der Waals surface area contributed by atoms with E-state index in [4.69, 9.17) is 0 Å². The number of aromatic nitrogens is 2. The first kappa shape index (κ1) is 23.9. The van der Waals surface area contributed by atoms with Gasteiger partial charge in [-0.3, -0.25) is 19.7 Å². The van der Waals surface area contributed by atoms with Gasteiger partial charge in [-0.1, -0.05) is 0 Å². The minimum Gasteiger partial charge on any atom is -0.465 e. The molecule has 31 heavy (non-hydrogen) atoms. The summed E-state index contributed by atoms with van der Waals surface area (Å²) >= 11 is 0. The number of carbonyl (C=O) groups excluding carboxylic acids is 2. The molecule has 0 aliphatic carbocycles. The first-order valence-electron chi connectivity index (χ1n) is 8.42. The first-order chi connectivity index (χ1) is 14.2. The number of imidazole rings is 1. The summed E-state index contributed by atoms with van der Waals surface area (Å²) in [7, 11) is 0. The van der Waals surface area contributed by atoms with E-state index >= 15 is 0 Å². The number of carbonyl (C=O) groups is 2. The fourth-order valence-corrected chi connectivity index (χ4v) is 2.76. The number of nitrogens with one attached hydrogen (secondary N) is 1. The maximum Gasteiger partial charge on any atom is 0.449 e. The summed E-state index contributed by atoms with van der Waals surface area (Å²) in [5.41, 5.74) is -6.94. The van der Waals surface area contributed by atoms with Gasteiger partial charge in [0.05, 0.1) is 23.7 Å². The Kier molecular flexibility index (Phi) is 6.46. The van der Waals surface area contributed by atoms with Gasteiger partial charge < -0.3 is 14.5 Å². The molecule has 0 aliphatic heterocycles. The molecule has 0 fully saturated rings. The minimum absolute atomic E-state index is 0.0819. The number of fused-ring (bicyclic) bond motifs is 1. The van der Waals surface area contributed by atoms with Crippen molar-refractivity contribution in [3.05, 3.63) is 33.1 Å². The highest BCUT2D eigenvalue weighted by Gasteiger charge is 2.46. The maximum atomic E-state index is 13.7. The van der Waals surface area contributed by atoms with Crippen LogP contribution in [-0.2, 0) is 31.4 Å². The van der Waals surface area contributed by atoms with Gasteiger partial charge in [0, 0.05) is 11.6 Å². The summed E-state index contributed by atoms with van der Waals surface area (Å²) in [6.07, 6.45) is -10.6. The number of nitrogens with zero attached hydrogens (tertiary/aromatic N) is 2. The lowest BCUT2D eigenvalue weighted by atomic mass is 9.91. The molecule has 1 aromatic carbocycles. The molecule has 0 atom stereocenters. The predicted molar refractivity (Wildman–Crippen MR) is 88.8 cm³/mol. The van der Waals surface area contributed by atoms with E-state index in [-0.39, 0.29) is 19.3 Å². The quantitative estimate of drug-likeness (QED) is 0.231. The molecule has 0 aliphatic rings. The third-order valence-electron chi connectivity index (χ3n) is 3.89. The molecule has 2 rings (SSSR count). The highest BCUT2D eigenvalue weighted by Crippen LogP contribution is 2.44. The summed E-state index contributed by atoms with van der Waals surface area (Å²) in [5.74, 6) is -7.47. The van der Waals surface area contributed by atoms with Gasteiger partial charge in [-0.2, -0.15) is 26.3 Å². The van der Waals surface area contributed by atoms with E-state index in [0.29, 0.717) is 0 Å². The van der Waals surface area contributed by atoms with Crippen molar-refractivity contribution in [3.63, 3.8) is 0 Å². The van der Waals surface area contributed by atoms with Crippen LogP contribution in [0.25, 0.3) is 11.0 Å². The number of nitro benzene ring substituents is 1. The van der Waals surface area contributed by atoms with E-state index in [1.54, 1.807) is 4.98 Å².